The first kappa shape index (κ1) is 10.3. The highest BCUT2D eigenvalue weighted by Gasteiger charge is 2.30. The average Bonchev–Trinajstić information content (AvgIpc) is 3.09. The van der Waals surface area contributed by atoms with E-state index < -0.39 is 0 Å². The lowest BCUT2D eigenvalue weighted by Gasteiger charge is -1.93. The number of aromatic nitrogens is 3. The summed E-state index contributed by atoms with van der Waals surface area (Å²) in [5, 5.41) is 0. The molecule has 0 bridgehead atoms. The summed E-state index contributed by atoms with van der Waals surface area (Å²) >= 11 is 0. The zero-order valence-corrected chi connectivity index (χ0v) is 11.2. The maximum absolute atomic E-state index is 2.41. The van der Waals surface area contributed by atoms with E-state index in [-0.39, 0.29) is 0 Å². The highest BCUT2D eigenvalue weighted by Crippen LogP contribution is 2.34. The molecule has 5 rings (SSSR count). The van der Waals surface area contributed by atoms with Gasteiger partial charge < -0.3 is 0 Å². The van der Waals surface area contributed by atoms with Crippen LogP contribution in [0.5, 0.6) is 0 Å². The first-order valence-corrected chi connectivity index (χ1v) is 6.91. The second kappa shape index (κ2) is 3.31. The average molecular weight is 260 g/mol. The van der Waals surface area contributed by atoms with Crippen LogP contribution in [0.15, 0.2) is 54.7 Å². The summed E-state index contributed by atoms with van der Waals surface area (Å²) in [6.07, 6.45) is 2.27. The van der Waals surface area contributed by atoms with Crippen LogP contribution < -0.4 is 4.57 Å². The summed E-state index contributed by atoms with van der Waals surface area (Å²) in [6, 6.07) is 17.2. The lowest BCUT2D eigenvalue weighted by atomic mass is 10.1. The number of hydrogen-bond acceptors (Lipinski definition) is 0. The molecule has 3 heterocycles. The number of benzene rings is 2. The minimum atomic E-state index is 0.964. The number of fused-ring (bicyclic) bond motifs is 7. The Labute approximate surface area is 116 Å². The van der Waals surface area contributed by atoms with E-state index >= 15 is 0 Å². The fraction of sp³-hybridized carbons (Fsp3) is 0.118. The van der Waals surface area contributed by atoms with Gasteiger partial charge in [-0.3, -0.25) is 0 Å². The van der Waals surface area contributed by atoms with Crippen LogP contribution in [-0.2, 0) is 13.6 Å². The van der Waals surface area contributed by atoms with Crippen molar-refractivity contribution in [1.82, 2.24) is 8.97 Å². The predicted octanol–water partition coefficient (Wildman–Crippen LogP) is 2.75. The number of para-hydroxylation sites is 2. The van der Waals surface area contributed by atoms with Crippen molar-refractivity contribution in [3.63, 3.8) is 0 Å². The molecule has 1 aliphatic rings. The van der Waals surface area contributed by atoms with Gasteiger partial charge in [-0.05, 0) is 17.7 Å². The second-order valence-corrected chi connectivity index (χ2v) is 5.48. The Balaban J connectivity index is 1.97. The Morgan fingerprint density at radius 2 is 1.80 bits per heavy atom. The lowest BCUT2D eigenvalue weighted by Crippen LogP contribution is -2.29. The van der Waals surface area contributed by atoms with Gasteiger partial charge in [0.15, 0.2) is 0 Å². The molecule has 3 nitrogen and oxygen atoms in total. The van der Waals surface area contributed by atoms with Crippen LogP contribution >= 0.6 is 0 Å². The van der Waals surface area contributed by atoms with Crippen molar-refractivity contribution in [2.75, 3.05) is 0 Å². The normalized spacial score (nSPS) is 13.1. The molecule has 3 heteroatoms. The quantitative estimate of drug-likeness (QED) is 0.380. The molecule has 0 saturated carbocycles. The van der Waals surface area contributed by atoms with Gasteiger partial charge in [0.25, 0.3) is 0 Å². The smallest absolute Gasteiger partial charge is 0.230 e. The molecule has 0 spiro atoms. The molecule has 0 amide bonds. The predicted molar refractivity (Wildman–Crippen MR) is 78.6 cm³/mol. The van der Waals surface area contributed by atoms with Crippen LogP contribution in [0.2, 0.25) is 0 Å². The van der Waals surface area contributed by atoms with E-state index in [0.29, 0.717) is 0 Å². The highest BCUT2D eigenvalue weighted by molar-refractivity contribution is 5.78. The lowest BCUT2D eigenvalue weighted by molar-refractivity contribution is -0.621. The molecule has 0 unspecified atom stereocenters. The number of rotatable bonds is 0. The Bertz CT molecular complexity index is 988. The molecule has 20 heavy (non-hydrogen) atoms. The first-order valence-electron chi connectivity index (χ1n) is 6.91. The van der Waals surface area contributed by atoms with Gasteiger partial charge in [-0.15, -0.1) is 0 Å². The zero-order chi connectivity index (χ0) is 13.3. The molecule has 4 aromatic rings. The molecular weight excluding hydrogens is 246 g/mol. The Morgan fingerprint density at radius 3 is 2.75 bits per heavy atom. The fourth-order valence-electron chi connectivity index (χ4n) is 3.52. The molecule has 0 saturated heterocycles. The Kier molecular flexibility index (Phi) is 1.70. The van der Waals surface area contributed by atoms with E-state index in [1.54, 1.807) is 0 Å². The summed E-state index contributed by atoms with van der Waals surface area (Å²) in [6.45, 7) is 0.964. The van der Waals surface area contributed by atoms with Crippen LogP contribution in [-0.4, -0.2) is 8.97 Å². The number of nitrogens with zero attached hydrogens (tertiary/aromatic N) is 3. The van der Waals surface area contributed by atoms with E-state index in [4.69, 9.17) is 0 Å². The van der Waals surface area contributed by atoms with Gasteiger partial charge in [0.05, 0.1) is 13.6 Å². The molecule has 0 radical (unpaired) electrons. The van der Waals surface area contributed by atoms with Gasteiger partial charge in [-0.1, -0.05) is 36.4 Å². The van der Waals surface area contributed by atoms with Gasteiger partial charge in [0.2, 0.25) is 0 Å². The molecule has 2 aromatic carbocycles. The topological polar surface area (TPSA) is 13.2 Å². The molecule has 0 aliphatic carbocycles. The molecular formula is C17H14N3+. The highest BCUT2D eigenvalue weighted by atomic mass is 15.3. The third kappa shape index (κ3) is 1.05. The van der Waals surface area contributed by atoms with Crippen molar-refractivity contribution in [2.24, 2.45) is 7.05 Å². The first-order chi connectivity index (χ1) is 9.84. The fourth-order valence-corrected chi connectivity index (χ4v) is 3.52. The van der Waals surface area contributed by atoms with Crippen molar-refractivity contribution < 1.29 is 4.57 Å². The van der Waals surface area contributed by atoms with Crippen molar-refractivity contribution in [3.8, 4) is 11.3 Å². The Morgan fingerprint density at radius 1 is 1.00 bits per heavy atom. The van der Waals surface area contributed by atoms with Crippen LogP contribution in [0.1, 0.15) is 5.56 Å². The zero-order valence-electron chi connectivity index (χ0n) is 11.2. The summed E-state index contributed by atoms with van der Waals surface area (Å²) < 4.78 is 7.00. The molecule has 0 atom stereocenters. The maximum atomic E-state index is 2.41. The van der Waals surface area contributed by atoms with E-state index in [1.807, 2.05) is 0 Å². The molecule has 0 fully saturated rings. The minimum absolute atomic E-state index is 0.964. The Hall–Kier alpha value is -2.55. The van der Waals surface area contributed by atoms with Crippen molar-refractivity contribution in [2.45, 2.75) is 6.54 Å². The monoisotopic (exact) mass is 260 g/mol. The van der Waals surface area contributed by atoms with Crippen LogP contribution in [0.25, 0.3) is 28.1 Å². The summed E-state index contributed by atoms with van der Waals surface area (Å²) in [5.74, 6) is 1.25. The van der Waals surface area contributed by atoms with Crippen molar-refractivity contribution >= 4 is 16.8 Å². The van der Waals surface area contributed by atoms with E-state index in [9.17, 15) is 0 Å². The summed E-state index contributed by atoms with van der Waals surface area (Å²) in [5.41, 5.74) is 6.63. The van der Waals surface area contributed by atoms with Gasteiger partial charge in [0, 0.05) is 5.56 Å². The standard InChI is InChI=1S/C17H14N3/c1-18-14-8-4-5-9-15(14)20-11-16-13-7-3-2-6-12(13)10-19(16)17(18)20/h2-9,11H,10H2,1H3/q+1. The maximum Gasteiger partial charge on any atom is 0.370 e. The molecule has 96 valence electrons. The van der Waals surface area contributed by atoms with Crippen LogP contribution in [0, 0.1) is 0 Å². The van der Waals surface area contributed by atoms with E-state index in [1.165, 1.54) is 33.6 Å². The molecule has 0 N–H and O–H groups in total. The third-order valence-electron chi connectivity index (χ3n) is 4.42. The molecule has 1 aliphatic heterocycles. The molecule has 2 aromatic heterocycles. The minimum Gasteiger partial charge on any atom is -0.230 e. The van der Waals surface area contributed by atoms with E-state index in [0.717, 1.165) is 6.54 Å². The van der Waals surface area contributed by atoms with Crippen LogP contribution in [0.4, 0.5) is 0 Å². The summed E-state index contributed by atoms with van der Waals surface area (Å²) in [4.78, 5) is 0. The number of hydrogen-bond donors (Lipinski definition) is 0. The van der Waals surface area contributed by atoms with Gasteiger partial charge >= 0.3 is 5.78 Å². The summed E-state index contributed by atoms with van der Waals surface area (Å²) in [7, 11) is 2.15. The third-order valence-corrected chi connectivity index (χ3v) is 4.42. The van der Waals surface area contributed by atoms with Crippen LogP contribution in [0.3, 0.4) is 0 Å². The van der Waals surface area contributed by atoms with Crippen molar-refractivity contribution in [1.29, 1.82) is 0 Å². The SMILES string of the molecule is C[n+]1c2ccccc2n2cc3n(c21)Cc1ccccc1-3. The van der Waals surface area contributed by atoms with Crippen molar-refractivity contribution in [3.05, 3.63) is 60.3 Å². The van der Waals surface area contributed by atoms with Gasteiger partial charge in [-0.2, -0.15) is 4.40 Å². The second-order valence-electron chi connectivity index (χ2n) is 5.48. The number of imidazole rings is 2. The van der Waals surface area contributed by atoms with Gasteiger partial charge in [-0.25, -0.2) is 9.13 Å². The van der Waals surface area contributed by atoms with Gasteiger partial charge in [0.1, 0.15) is 22.9 Å². The largest absolute Gasteiger partial charge is 0.370 e. The number of aryl methyl sites for hydroxylation is 1. The van der Waals surface area contributed by atoms with E-state index in [2.05, 4.69) is 75.3 Å².